The minimum absolute atomic E-state index is 0.322. The van der Waals surface area contributed by atoms with Crippen LogP contribution in [-0.2, 0) is 4.79 Å². The fourth-order valence-corrected chi connectivity index (χ4v) is 1.89. The molecule has 5 nitrogen and oxygen atoms in total. The molecule has 1 aromatic carbocycles. The number of nitrogen functional groups attached to an aromatic ring is 1. The van der Waals surface area contributed by atoms with E-state index < -0.39 is 22.8 Å². The van der Waals surface area contributed by atoms with Crippen molar-refractivity contribution >= 4 is 33.5 Å². The second-order valence-corrected chi connectivity index (χ2v) is 6.66. The van der Waals surface area contributed by atoms with Gasteiger partial charge in [-0.2, -0.15) is 0 Å². The number of carboxylic acid groups (broad SMARTS) is 1. The van der Waals surface area contributed by atoms with Crippen molar-refractivity contribution in [2.24, 2.45) is 5.41 Å². The van der Waals surface area contributed by atoms with Crippen LogP contribution in [0.5, 0.6) is 0 Å². The minimum atomic E-state index is -1.12. The van der Waals surface area contributed by atoms with Gasteiger partial charge in [0.15, 0.2) is 0 Å². The van der Waals surface area contributed by atoms with Crippen LogP contribution in [-0.4, -0.2) is 22.5 Å². The van der Waals surface area contributed by atoms with E-state index in [-0.39, 0.29) is 0 Å². The molecule has 20 heavy (non-hydrogen) atoms. The van der Waals surface area contributed by atoms with E-state index in [0.29, 0.717) is 11.3 Å². The predicted molar refractivity (Wildman–Crippen MR) is 81.5 cm³/mol. The number of carbonyl (C=O) groups excluding carboxylic acids is 1. The molecular formula is C14H19BrN2O3. The molecule has 0 aliphatic rings. The summed E-state index contributed by atoms with van der Waals surface area (Å²) in [7, 11) is 0. The number of halogens is 1. The van der Waals surface area contributed by atoms with Crippen LogP contribution in [0, 0.1) is 5.41 Å². The van der Waals surface area contributed by atoms with Crippen LogP contribution in [0.3, 0.4) is 0 Å². The lowest BCUT2D eigenvalue weighted by molar-refractivity contribution is -0.150. The summed E-state index contributed by atoms with van der Waals surface area (Å²) in [6, 6.07) is 4.93. The molecule has 0 aliphatic carbocycles. The van der Waals surface area contributed by atoms with Crippen LogP contribution in [0.15, 0.2) is 22.7 Å². The molecule has 0 aliphatic heterocycles. The lowest BCUT2D eigenvalue weighted by atomic mass is 9.74. The highest BCUT2D eigenvalue weighted by Crippen LogP contribution is 2.31. The van der Waals surface area contributed by atoms with Gasteiger partial charge < -0.3 is 16.2 Å². The first-order chi connectivity index (χ1) is 8.99. The zero-order chi connectivity index (χ0) is 15.7. The van der Waals surface area contributed by atoms with Crippen molar-refractivity contribution in [2.45, 2.75) is 33.2 Å². The Labute approximate surface area is 126 Å². The van der Waals surface area contributed by atoms with E-state index in [4.69, 9.17) is 5.73 Å². The maximum atomic E-state index is 12.3. The van der Waals surface area contributed by atoms with Crippen molar-refractivity contribution in [3.05, 3.63) is 28.2 Å². The monoisotopic (exact) mass is 342 g/mol. The van der Waals surface area contributed by atoms with Gasteiger partial charge in [0, 0.05) is 10.2 Å². The van der Waals surface area contributed by atoms with Crippen molar-refractivity contribution in [3.8, 4) is 0 Å². The fourth-order valence-electron chi connectivity index (χ4n) is 1.52. The maximum absolute atomic E-state index is 12.3. The molecule has 1 amide bonds. The van der Waals surface area contributed by atoms with Gasteiger partial charge >= 0.3 is 5.97 Å². The summed E-state index contributed by atoms with van der Waals surface area (Å²) < 4.78 is 0.775. The van der Waals surface area contributed by atoms with E-state index in [2.05, 4.69) is 21.2 Å². The molecule has 0 unspecified atom stereocenters. The first-order valence-corrected chi connectivity index (χ1v) is 6.89. The van der Waals surface area contributed by atoms with Crippen molar-refractivity contribution in [2.75, 3.05) is 5.73 Å². The molecule has 0 bridgehead atoms. The summed E-state index contributed by atoms with van der Waals surface area (Å²) in [4.78, 5) is 23.6. The van der Waals surface area contributed by atoms with Crippen LogP contribution in [0.2, 0.25) is 0 Å². The Morgan fingerprint density at radius 2 is 1.80 bits per heavy atom. The molecule has 0 saturated carbocycles. The Kier molecular flexibility index (Phi) is 4.49. The van der Waals surface area contributed by atoms with Crippen molar-refractivity contribution < 1.29 is 14.7 Å². The Morgan fingerprint density at radius 3 is 2.25 bits per heavy atom. The van der Waals surface area contributed by atoms with Gasteiger partial charge in [0.05, 0.1) is 16.5 Å². The van der Waals surface area contributed by atoms with Gasteiger partial charge in [-0.25, -0.2) is 0 Å². The summed E-state index contributed by atoms with van der Waals surface area (Å²) in [5, 5.41) is 12.0. The zero-order valence-corrected chi connectivity index (χ0v) is 13.5. The molecule has 6 heteroatoms. The predicted octanol–water partition coefficient (Wildman–Crippen LogP) is 2.65. The second-order valence-electron chi connectivity index (χ2n) is 5.74. The van der Waals surface area contributed by atoms with E-state index in [1.807, 2.05) is 0 Å². The van der Waals surface area contributed by atoms with E-state index in [9.17, 15) is 14.7 Å². The zero-order valence-electron chi connectivity index (χ0n) is 12.0. The number of hydrogen-bond acceptors (Lipinski definition) is 3. The molecule has 4 N–H and O–H groups in total. The van der Waals surface area contributed by atoms with Gasteiger partial charge in [-0.15, -0.1) is 0 Å². The first-order valence-electron chi connectivity index (χ1n) is 6.10. The average Bonchev–Trinajstić information content (AvgIpc) is 2.27. The summed E-state index contributed by atoms with van der Waals surface area (Å²) in [5.41, 5.74) is 4.41. The largest absolute Gasteiger partial charge is 0.481 e. The van der Waals surface area contributed by atoms with Gasteiger partial charge in [0.25, 0.3) is 5.91 Å². The number of amides is 1. The van der Waals surface area contributed by atoms with Crippen LogP contribution in [0.4, 0.5) is 5.69 Å². The highest BCUT2D eigenvalue weighted by Gasteiger charge is 2.44. The minimum Gasteiger partial charge on any atom is -0.481 e. The molecule has 0 fully saturated rings. The fraction of sp³-hybridized carbons (Fsp3) is 0.429. The third-order valence-corrected chi connectivity index (χ3v) is 4.27. The number of nitrogens with one attached hydrogen (secondary N) is 1. The van der Waals surface area contributed by atoms with Gasteiger partial charge in [0.1, 0.15) is 0 Å². The van der Waals surface area contributed by atoms with Crippen LogP contribution < -0.4 is 11.1 Å². The molecule has 0 aromatic heterocycles. The summed E-state index contributed by atoms with van der Waals surface area (Å²) in [6.45, 7) is 6.49. The van der Waals surface area contributed by atoms with E-state index >= 15 is 0 Å². The molecule has 0 spiro atoms. The topological polar surface area (TPSA) is 92.4 Å². The average molecular weight is 343 g/mol. The number of carbonyl (C=O) groups is 2. The third kappa shape index (κ3) is 3.12. The molecule has 0 atom stereocenters. The molecular weight excluding hydrogens is 324 g/mol. The number of anilines is 1. The summed E-state index contributed by atoms with van der Waals surface area (Å²) in [6.07, 6.45) is 0. The van der Waals surface area contributed by atoms with Crippen molar-refractivity contribution in [1.29, 1.82) is 0 Å². The Hall–Kier alpha value is -1.56. The van der Waals surface area contributed by atoms with Gasteiger partial charge in [-0.3, -0.25) is 9.59 Å². The first kappa shape index (κ1) is 16.5. The second kappa shape index (κ2) is 5.44. The number of carboxylic acids is 1. The number of aliphatic carboxylic acids is 1. The quantitative estimate of drug-likeness (QED) is 0.733. The Balaban J connectivity index is 3.03. The number of nitrogens with two attached hydrogens (primary N) is 1. The van der Waals surface area contributed by atoms with Gasteiger partial charge in [0.2, 0.25) is 0 Å². The van der Waals surface area contributed by atoms with E-state index in [1.54, 1.807) is 45.9 Å². The molecule has 1 rings (SSSR count). The normalized spacial score (nSPS) is 12.1. The van der Waals surface area contributed by atoms with Gasteiger partial charge in [-0.1, -0.05) is 15.9 Å². The smallest absolute Gasteiger partial charge is 0.311 e. The van der Waals surface area contributed by atoms with Crippen LogP contribution >= 0.6 is 15.9 Å². The molecule has 0 saturated heterocycles. The maximum Gasteiger partial charge on any atom is 0.311 e. The molecule has 110 valence electrons. The molecule has 0 heterocycles. The SMILES string of the molecule is CC(C)(NC(=O)c1ccc(Br)cc1N)C(C)(C)C(=O)O. The highest BCUT2D eigenvalue weighted by molar-refractivity contribution is 9.10. The Bertz CT molecular complexity index is 553. The molecule has 1 aromatic rings. The van der Waals surface area contributed by atoms with Crippen LogP contribution in [0.25, 0.3) is 0 Å². The van der Waals surface area contributed by atoms with Crippen molar-refractivity contribution in [1.82, 2.24) is 5.32 Å². The lowest BCUT2D eigenvalue weighted by Crippen LogP contribution is -2.57. The van der Waals surface area contributed by atoms with E-state index in [0.717, 1.165) is 4.47 Å². The van der Waals surface area contributed by atoms with Crippen LogP contribution in [0.1, 0.15) is 38.1 Å². The number of benzene rings is 1. The van der Waals surface area contributed by atoms with E-state index in [1.165, 1.54) is 0 Å². The lowest BCUT2D eigenvalue weighted by Gasteiger charge is -2.38. The highest BCUT2D eigenvalue weighted by atomic mass is 79.9. The third-order valence-electron chi connectivity index (χ3n) is 3.78. The van der Waals surface area contributed by atoms with Gasteiger partial charge in [-0.05, 0) is 45.9 Å². The molecule has 0 radical (unpaired) electrons. The Morgan fingerprint density at radius 1 is 1.25 bits per heavy atom. The number of rotatable bonds is 4. The summed E-state index contributed by atoms with van der Waals surface area (Å²) >= 11 is 3.27. The summed E-state index contributed by atoms with van der Waals surface area (Å²) in [5.74, 6) is -1.37. The number of hydrogen-bond donors (Lipinski definition) is 3. The van der Waals surface area contributed by atoms with Crippen molar-refractivity contribution in [3.63, 3.8) is 0 Å². The standard InChI is InChI=1S/C14H19BrN2O3/c1-13(2,12(19)20)14(3,4)17-11(18)9-6-5-8(15)7-10(9)16/h5-7H,16H2,1-4H3,(H,17,18)(H,19,20).